The summed E-state index contributed by atoms with van der Waals surface area (Å²) in [6.45, 7) is 10.7. The fourth-order valence-corrected chi connectivity index (χ4v) is 10.7. The second-order valence-electron chi connectivity index (χ2n) is 22.5. The van der Waals surface area contributed by atoms with Crippen LogP contribution in [0.2, 0.25) is 0 Å². The lowest BCUT2D eigenvalue weighted by molar-refractivity contribution is -0.309. The van der Waals surface area contributed by atoms with Crippen LogP contribution in [-0.4, -0.2) is 244 Å². The lowest BCUT2D eigenvalue weighted by atomic mass is 9.82. The Morgan fingerprint density at radius 2 is 1.27 bits per heavy atom. The summed E-state index contributed by atoms with van der Waals surface area (Å²) < 4.78 is 23.8. The lowest BCUT2D eigenvalue weighted by Crippen LogP contribution is -2.65. The number of hydrogen-bond donors (Lipinski definition) is 12. The summed E-state index contributed by atoms with van der Waals surface area (Å²) in [5.74, 6) is -7.99. The van der Waals surface area contributed by atoms with E-state index in [4.69, 9.17) is 18.9 Å². The van der Waals surface area contributed by atoms with Crippen molar-refractivity contribution in [2.24, 2.45) is 17.8 Å². The average Bonchev–Trinajstić information content (AvgIpc) is 3.78. The van der Waals surface area contributed by atoms with Gasteiger partial charge in [0.25, 0.3) is 0 Å². The van der Waals surface area contributed by atoms with Crippen molar-refractivity contribution < 1.29 is 94.3 Å². The number of fused-ring (bicyclic) bond motifs is 2. The van der Waals surface area contributed by atoms with Gasteiger partial charge in [0, 0.05) is 76.8 Å². The highest BCUT2D eigenvalue weighted by atomic mass is 16.7. The first-order chi connectivity index (χ1) is 38.4. The number of cyclic esters (lactones) is 1. The standard InChI is InChI=1S/C58H90N4O19/c1-35-18-16-14-12-10-8-6-7-9-11-13-15-17-19-42(80-57-54(73)51(53(72)38(4)79-57)59-43-32-48(69)62(55(43)74)27-26-61-24-22-60(5)23-25-61)31-47-50(56(75)76)46(68)34-58(77,81-47)33-41(65)29-45(67)44(66)21-20-39(63)28-40(64)30-49(70)78-37(3)36(2)52(35)71/h6-19,35-47,50-54,57,59,63-68,71-73,77H,20-34H2,1-5H3,(H,75,76)/b7-6+,10-8+,11-9+,14-12+,15-13+,18-16+,19-17+/t35-,36-,37-,38-,39+,40+,41-,42-,43?,44+,45+,46-,47-,50+,51-,52+,53+,54-,57-,58+/m0/s1. The van der Waals surface area contributed by atoms with Crippen molar-refractivity contribution in [3.8, 4) is 0 Å². The summed E-state index contributed by atoms with van der Waals surface area (Å²) in [6.07, 6.45) is 1.57. The molecule has 0 radical (unpaired) electrons. The molecule has 81 heavy (non-hydrogen) atoms. The van der Waals surface area contributed by atoms with Gasteiger partial charge in [0.15, 0.2) is 12.1 Å². The molecular weight excluding hydrogens is 1060 g/mol. The highest BCUT2D eigenvalue weighted by Gasteiger charge is 2.52. The number of aliphatic hydroxyl groups is 10. The smallest absolute Gasteiger partial charge is 0.311 e. The number of amides is 2. The summed E-state index contributed by atoms with van der Waals surface area (Å²) in [6, 6.07) is -2.35. The average molecular weight is 1150 g/mol. The minimum atomic E-state index is -2.40. The Bertz CT molecular complexity index is 2220. The van der Waals surface area contributed by atoms with Crippen molar-refractivity contribution in [2.75, 3.05) is 46.3 Å². The second kappa shape index (κ2) is 32.6. The third-order valence-electron chi connectivity index (χ3n) is 15.8. The molecule has 5 rings (SSSR count). The topological polar surface area (TPSA) is 349 Å². The molecule has 23 heteroatoms. The third-order valence-corrected chi connectivity index (χ3v) is 15.8. The van der Waals surface area contributed by atoms with Crippen LogP contribution >= 0.6 is 0 Å². The Morgan fingerprint density at radius 3 is 1.89 bits per heavy atom. The van der Waals surface area contributed by atoms with Crippen LogP contribution in [0, 0.1) is 17.8 Å². The van der Waals surface area contributed by atoms with E-state index in [0.29, 0.717) is 6.54 Å². The summed E-state index contributed by atoms with van der Waals surface area (Å²) in [4.78, 5) is 57.8. The Morgan fingerprint density at radius 1 is 0.667 bits per heavy atom. The molecule has 5 aliphatic rings. The number of rotatable bonds is 8. The van der Waals surface area contributed by atoms with Gasteiger partial charge in [-0.3, -0.25) is 34.3 Å². The zero-order valence-electron chi connectivity index (χ0n) is 47.2. The lowest BCUT2D eigenvalue weighted by Gasteiger charge is -2.45. The van der Waals surface area contributed by atoms with E-state index in [2.05, 4.69) is 15.1 Å². The molecule has 1 unspecified atom stereocenters. The number of hydrogen-bond acceptors (Lipinski definition) is 21. The van der Waals surface area contributed by atoms with Crippen LogP contribution in [0.15, 0.2) is 85.1 Å². The molecule has 0 spiro atoms. The van der Waals surface area contributed by atoms with Gasteiger partial charge in [-0.2, -0.15) is 0 Å². The number of aliphatic hydroxyl groups excluding tert-OH is 9. The number of likely N-dealkylation sites (tertiary alicyclic amines) is 1. The zero-order chi connectivity index (χ0) is 59.6. The molecule has 0 aromatic rings. The molecule has 20 atom stereocenters. The number of carbonyl (C=O) groups excluding carboxylic acids is 3. The third kappa shape index (κ3) is 21.0. The fraction of sp³-hybridized carbons (Fsp3) is 0.690. The quantitative estimate of drug-likeness (QED) is 0.110. The van der Waals surface area contributed by atoms with E-state index in [1.807, 2.05) is 20.0 Å². The van der Waals surface area contributed by atoms with Crippen molar-refractivity contribution in [1.29, 1.82) is 0 Å². The SMILES string of the molecule is C[C@@H]1[C@H](O)[C@@H](C)/C=C/C=C/C=C/C=C/C=C/C=C/C=C/[C@H](O[C@@H]2O[C@@H](C)[C@@H](O)[C@H](NC3CC(=O)N(CCN4CCN(C)CC4)C3=O)[C@@H]2O)C[C@@H]2O[C@](O)(C[C@@H](O)C[C@@H](O)[C@H](O)CC[C@@H](O)C[C@@H](O)CC(=O)O[C@H]1C)C[C@H](O)[C@H]2C(=O)O. The van der Waals surface area contributed by atoms with Crippen molar-refractivity contribution in [3.63, 3.8) is 0 Å². The van der Waals surface area contributed by atoms with Crippen LogP contribution in [0.1, 0.15) is 85.5 Å². The summed E-state index contributed by atoms with van der Waals surface area (Å²) in [5, 5.41) is 125. The molecule has 5 heterocycles. The highest BCUT2D eigenvalue weighted by molar-refractivity contribution is 6.05. The number of imide groups is 1. The van der Waals surface area contributed by atoms with E-state index in [9.17, 15) is 75.3 Å². The highest BCUT2D eigenvalue weighted by Crippen LogP contribution is 2.38. The van der Waals surface area contributed by atoms with Crippen LogP contribution in [-0.2, 0) is 38.1 Å². The maximum Gasteiger partial charge on any atom is 0.311 e. The largest absolute Gasteiger partial charge is 0.481 e. The molecule has 4 saturated heterocycles. The zero-order valence-corrected chi connectivity index (χ0v) is 47.2. The van der Waals surface area contributed by atoms with Gasteiger partial charge in [0.2, 0.25) is 11.8 Å². The second-order valence-corrected chi connectivity index (χ2v) is 22.5. The van der Waals surface area contributed by atoms with Gasteiger partial charge in [-0.05, 0) is 40.2 Å². The number of esters is 1. The molecule has 0 aliphatic carbocycles. The Hall–Kier alpha value is -4.38. The van der Waals surface area contributed by atoms with E-state index >= 15 is 0 Å². The number of piperazine rings is 1. The Kier molecular flexibility index (Phi) is 27.1. The molecule has 2 bridgehead atoms. The van der Waals surface area contributed by atoms with Crippen LogP contribution in [0.4, 0.5) is 0 Å². The van der Waals surface area contributed by atoms with E-state index in [1.165, 1.54) is 17.9 Å². The van der Waals surface area contributed by atoms with Gasteiger partial charge >= 0.3 is 11.9 Å². The number of nitrogens with zero attached hydrogens (tertiary/aromatic N) is 3. The summed E-state index contributed by atoms with van der Waals surface area (Å²) in [5.41, 5.74) is 0. The number of aliphatic carboxylic acids is 1. The molecule has 0 aromatic heterocycles. The van der Waals surface area contributed by atoms with Crippen molar-refractivity contribution in [3.05, 3.63) is 85.1 Å². The predicted molar refractivity (Wildman–Crippen MR) is 295 cm³/mol. The van der Waals surface area contributed by atoms with Gasteiger partial charge in [-0.15, -0.1) is 0 Å². The minimum absolute atomic E-state index is 0.132. The number of carbonyl (C=O) groups is 4. The van der Waals surface area contributed by atoms with Crippen molar-refractivity contribution in [2.45, 2.75) is 189 Å². The maximum absolute atomic E-state index is 13.7. The van der Waals surface area contributed by atoms with Gasteiger partial charge in [-0.25, -0.2) is 0 Å². The molecular formula is C58H90N4O19. The van der Waals surface area contributed by atoms with E-state index in [-0.39, 0.29) is 38.1 Å². The van der Waals surface area contributed by atoms with Crippen LogP contribution in [0.3, 0.4) is 0 Å². The first-order valence-electron chi connectivity index (χ1n) is 28.3. The van der Waals surface area contributed by atoms with Crippen molar-refractivity contribution >= 4 is 23.8 Å². The van der Waals surface area contributed by atoms with Gasteiger partial charge in [-0.1, -0.05) is 98.9 Å². The number of carboxylic acid groups (broad SMARTS) is 1. The first kappa shape index (κ1) is 67.4. The van der Waals surface area contributed by atoms with Crippen LogP contribution < -0.4 is 5.32 Å². The van der Waals surface area contributed by atoms with Crippen molar-refractivity contribution in [1.82, 2.24) is 20.0 Å². The van der Waals surface area contributed by atoms with Crippen LogP contribution in [0.25, 0.3) is 0 Å². The normalized spacial score (nSPS) is 42.5. The van der Waals surface area contributed by atoms with E-state index < -0.39 is 171 Å². The molecule has 4 fully saturated rings. The van der Waals surface area contributed by atoms with Gasteiger partial charge < -0.3 is 80.0 Å². The Labute approximate surface area is 474 Å². The molecule has 456 valence electrons. The Balaban J connectivity index is 1.35. The van der Waals surface area contributed by atoms with Gasteiger partial charge in [0.05, 0.1) is 92.1 Å². The van der Waals surface area contributed by atoms with E-state index in [1.54, 1.807) is 86.8 Å². The summed E-state index contributed by atoms with van der Waals surface area (Å²) in [7, 11) is 2.02. The minimum Gasteiger partial charge on any atom is -0.481 e. The van der Waals surface area contributed by atoms with Gasteiger partial charge in [0.1, 0.15) is 18.1 Å². The fourth-order valence-electron chi connectivity index (χ4n) is 10.7. The maximum atomic E-state index is 13.7. The number of allylic oxidation sites excluding steroid dienone is 12. The molecule has 0 aromatic carbocycles. The van der Waals surface area contributed by atoms with Crippen LogP contribution in [0.5, 0.6) is 0 Å². The number of carboxylic acids is 1. The summed E-state index contributed by atoms with van der Waals surface area (Å²) >= 11 is 0. The molecule has 2 amide bonds. The molecule has 23 nitrogen and oxygen atoms in total. The van der Waals surface area contributed by atoms with E-state index in [0.717, 1.165) is 26.2 Å². The predicted octanol–water partition coefficient (Wildman–Crippen LogP) is -0.282. The molecule has 0 saturated carbocycles. The number of likely N-dealkylation sites (N-methyl/N-ethyl adjacent to an activating group) is 1. The first-order valence-corrected chi connectivity index (χ1v) is 28.3. The number of nitrogens with one attached hydrogen (secondary N) is 1. The molecule has 12 N–H and O–H groups in total. The number of ether oxygens (including phenoxy) is 4. The molecule has 5 aliphatic heterocycles. The monoisotopic (exact) mass is 1150 g/mol.